The Kier molecular flexibility index (Phi) is 5.54. The van der Waals surface area contributed by atoms with Crippen molar-refractivity contribution in [1.82, 2.24) is 10.6 Å². The van der Waals surface area contributed by atoms with Gasteiger partial charge < -0.3 is 10.6 Å². The molecule has 0 aliphatic carbocycles. The second-order valence-corrected chi connectivity index (χ2v) is 6.52. The topological polar surface area (TPSA) is 58.2 Å². The van der Waals surface area contributed by atoms with E-state index < -0.39 is 0 Å². The molecule has 5 heteroatoms. The molecule has 0 radical (unpaired) electrons. The molecule has 2 amide bonds. The number of amides is 2. The lowest BCUT2D eigenvalue weighted by atomic mass is 10.1. The predicted octanol–water partition coefficient (Wildman–Crippen LogP) is 4.10. The van der Waals surface area contributed by atoms with Gasteiger partial charge in [0.1, 0.15) is 0 Å². The van der Waals surface area contributed by atoms with E-state index in [0.29, 0.717) is 10.6 Å². The fourth-order valence-electron chi connectivity index (χ4n) is 2.72. The van der Waals surface area contributed by atoms with Gasteiger partial charge in [-0.2, -0.15) is 0 Å². The van der Waals surface area contributed by atoms with Crippen LogP contribution in [-0.4, -0.2) is 18.4 Å². The Labute approximate surface area is 157 Å². The summed E-state index contributed by atoms with van der Waals surface area (Å²) < 4.78 is 0. The van der Waals surface area contributed by atoms with Crippen LogP contribution in [0.15, 0.2) is 66.7 Å². The van der Waals surface area contributed by atoms with E-state index in [0.717, 1.165) is 16.3 Å². The minimum absolute atomic E-state index is 0.0798. The molecule has 0 aliphatic heterocycles. The number of hydrogen-bond acceptors (Lipinski definition) is 2. The highest BCUT2D eigenvalue weighted by Gasteiger charge is 2.12. The Bertz CT molecular complexity index is 938. The van der Waals surface area contributed by atoms with E-state index in [1.165, 1.54) is 0 Å². The maximum Gasteiger partial charge on any atom is 0.251 e. The van der Waals surface area contributed by atoms with E-state index in [2.05, 4.69) is 10.6 Å². The molecule has 2 N–H and O–H groups in total. The molecule has 0 bridgehead atoms. The van der Waals surface area contributed by atoms with Crippen molar-refractivity contribution in [1.29, 1.82) is 0 Å². The zero-order chi connectivity index (χ0) is 18.5. The van der Waals surface area contributed by atoms with Gasteiger partial charge in [-0.3, -0.25) is 9.59 Å². The minimum Gasteiger partial charge on any atom is -0.348 e. The summed E-state index contributed by atoms with van der Waals surface area (Å²) in [5, 5.41) is 8.22. The number of carbonyl (C=O) groups is 2. The molecule has 0 aromatic heterocycles. The molecule has 26 heavy (non-hydrogen) atoms. The van der Waals surface area contributed by atoms with E-state index in [4.69, 9.17) is 11.6 Å². The third-order valence-corrected chi connectivity index (χ3v) is 4.42. The summed E-state index contributed by atoms with van der Waals surface area (Å²) in [4.78, 5) is 24.4. The summed E-state index contributed by atoms with van der Waals surface area (Å²) in [5.41, 5.74) is 1.48. The molecule has 4 nitrogen and oxygen atoms in total. The van der Waals surface area contributed by atoms with Crippen LogP contribution in [0.1, 0.15) is 28.9 Å². The first-order chi connectivity index (χ1) is 12.5. The van der Waals surface area contributed by atoms with Gasteiger partial charge in [0, 0.05) is 10.6 Å². The number of fused-ring (bicyclic) bond motifs is 1. The predicted molar refractivity (Wildman–Crippen MR) is 104 cm³/mol. The van der Waals surface area contributed by atoms with Crippen molar-refractivity contribution in [3.63, 3.8) is 0 Å². The SMILES string of the molecule is CC(NC(=O)CNC(=O)c1ccc2ccccc2c1)c1ccc(Cl)cc1. The number of hydrogen-bond donors (Lipinski definition) is 2. The molecule has 132 valence electrons. The van der Waals surface area contributed by atoms with Crippen molar-refractivity contribution < 1.29 is 9.59 Å². The van der Waals surface area contributed by atoms with Crippen molar-refractivity contribution in [2.75, 3.05) is 6.54 Å². The first-order valence-electron chi connectivity index (χ1n) is 8.35. The first kappa shape index (κ1) is 18.0. The number of carbonyl (C=O) groups excluding carboxylic acids is 2. The zero-order valence-corrected chi connectivity index (χ0v) is 15.1. The summed E-state index contributed by atoms with van der Waals surface area (Å²) in [6, 6.07) is 20.4. The quantitative estimate of drug-likeness (QED) is 0.714. The van der Waals surface area contributed by atoms with Crippen molar-refractivity contribution >= 4 is 34.2 Å². The summed E-state index contributed by atoms with van der Waals surface area (Å²) in [6.45, 7) is 1.80. The van der Waals surface area contributed by atoms with Gasteiger partial charge in [-0.25, -0.2) is 0 Å². The Hall–Kier alpha value is -2.85. The molecule has 0 saturated carbocycles. The molecule has 0 heterocycles. The van der Waals surface area contributed by atoms with Crippen LogP contribution in [0.2, 0.25) is 5.02 Å². The normalized spacial score (nSPS) is 11.8. The number of halogens is 1. The van der Waals surface area contributed by atoms with Gasteiger partial charge in [-0.15, -0.1) is 0 Å². The second-order valence-electron chi connectivity index (χ2n) is 6.09. The molecule has 0 fully saturated rings. The molecule has 3 aromatic rings. The fraction of sp³-hybridized carbons (Fsp3) is 0.143. The summed E-state index contributed by atoms with van der Waals surface area (Å²) in [5.74, 6) is -0.522. The molecule has 3 rings (SSSR count). The van der Waals surface area contributed by atoms with E-state index in [1.807, 2.05) is 55.5 Å². The molecule has 0 spiro atoms. The minimum atomic E-state index is -0.273. The molecule has 1 unspecified atom stereocenters. The Morgan fingerprint density at radius 2 is 1.65 bits per heavy atom. The van der Waals surface area contributed by atoms with Crippen LogP contribution in [0.3, 0.4) is 0 Å². The molecule has 3 aromatic carbocycles. The van der Waals surface area contributed by atoms with Gasteiger partial charge in [0.05, 0.1) is 12.6 Å². The number of nitrogens with one attached hydrogen (secondary N) is 2. The fourth-order valence-corrected chi connectivity index (χ4v) is 2.85. The van der Waals surface area contributed by atoms with Crippen molar-refractivity contribution in [3.05, 3.63) is 82.9 Å². The van der Waals surface area contributed by atoms with Crippen LogP contribution < -0.4 is 10.6 Å². The van der Waals surface area contributed by atoms with E-state index in [9.17, 15) is 9.59 Å². The Morgan fingerprint density at radius 1 is 0.962 bits per heavy atom. The highest BCUT2D eigenvalue weighted by molar-refractivity contribution is 6.30. The van der Waals surface area contributed by atoms with E-state index in [-0.39, 0.29) is 24.4 Å². The maximum atomic E-state index is 12.3. The molecule has 1 atom stereocenters. The van der Waals surface area contributed by atoms with E-state index in [1.54, 1.807) is 18.2 Å². The van der Waals surface area contributed by atoms with Crippen LogP contribution in [-0.2, 0) is 4.79 Å². The smallest absolute Gasteiger partial charge is 0.251 e. The average Bonchev–Trinajstić information content (AvgIpc) is 2.66. The van der Waals surface area contributed by atoms with Crippen molar-refractivity contribution in [2.24, 2.45) is 0 Å². The van der Waals surface area contributed by atoms with Gasteiger partial charge in [-0.1, -0.05) is 54.1 Å². The highest BCUT2D eigenvalue weighted by atomic mass is 35.5. The Balaban J connectivity index is 1.56. The monoisotopic (exact) mass is 366 g/mol. The van der Waals surface area contributed by atoms with Crippen LogP contribution >= 0.6 is 11.6 Å². The number of benzene rings is 3. The standard InChI is InChI=1S/C21H19ClN2O2/c1-14(15-8-10-19(22)11-9-15)24-20(25)13-23-21(26)18-7-6-16-4-2-3-5-17(16)12-18/h2-12,14H,13H2,1H3,(H,23,26)(H,24,25). The van der Waals surface area contributed by atoms with Gasteiger partial charge in [-0.05, 0) is 47.5 Å². The maximum absolute atomic E-state index is 12.3. The first-order valence-corrected chi connectivity index (χ1v) is 8.72. The molecule has 0 saturated heterocycles. The Morgan fingerprint density at radius 3 is 2.38 bits per heavy atom. The van der Waals surface area contributed by atoms with E-state index >= 15 is 0 Å². The van der Waals surface area contributed by atoms with Gasteiger partial charge in [0.2, 0.25) is 5.91 Å². The average molecular weight is 367 g/mol. The lowest BCUT2D eigenvalue weighted by Gasteiger charge is -2.15. The lowest BCUT2D eigenvalue weighted by molar-refractivity contribution is -0.120. The van der Waals surface area contributed by atoms with Gasteiger partial charge in [0.25, 0.3) is 5.91 Å². The van der Waals surface area contributed by atoms with Crippen LogP contribution in [0, 0.1) is 0 Å². The largest absolute Gasteiger partial charge is 0.348 e. The van der Waals surface area contributed by atoms with Gasteiger partial charge >= 0.3 is 0 Å². The molecular weight excluding hydrogens is 348 g/mol. The van der Waals surface area contributed by atoms with Gasteiger partial charge in [0.15, 0.2) is 0 Å². The lowest BCUT2D eigenvalue weighted by Crippen LogP contribution is -2.38. The summed E-state index contributed by atoms with van der Waals surface area (Å²) in [6.07, 6.45) is 0. The number of rotatable bonds is 5. The highest BCUT2D eigenvalue weighted by Crippen LogP contribution is 2.16. The summed E-state index contributed by atoms with van der Waals surface area (Å²) in [7, 11) is 0. The zero-order valence-electron chi connectivity index (χ0n) is 14.3. The molecule has 0 aliphatic rings. The van der Waals surface area contributed by atoms with Crippen LogP contribution in [0.5, 0.6) is 0 Å². The third-order valence-electron chi connectivity index (χ3n) is 4.17. The van der Waals surface area contributed by atoms with Crippen molar-refractivity contribution in [2.45, 2.75) is 13.0 Å². The summed E-state index contributed by atoms with van der Waals surface area (Å²) >= 11 is 5.87. The van der Waals surface area contributed by atoms with Crippen LogP contribution in [0.25, 0.3) is 10.8 Å². The second kappa shape index (κ2) is 8.02. The van der Waals surface area contributed by atoms with Crippen LogP contribution in [0.4, 0.5) is 0 Å². The molecular formula is C21H19ClN2O2. The third kappa shape index (κ3) is 4.41. The van der Waals surface area contributed by atoms with Crippen molar-refractivity contribution in [3.8, 4) is 0 Å².